The third-order valence-corrected chi connectivity index (χ3v) is 0.682. The quantitative estimate of drug-likeness (QED) is 0.527. The fourth-order valence-electron chi connectivity index (χ4n) is 0. The minimum absolute atomic E-state index is 0. The van der Waals surface area contributed by atoms with Crippen molar-refractivity contribution in [3.8, 4) is 0 Å². The molecule has 7 heteroatoms. The molecule has 0 aliphatic rings. The smallest absolute Gasteiger partial charge is 0.547 e. The molecule has 0 aromatic heterocycles. The van der Waals surface area contributed by atoms with E-state index < -0.39 is 24.1 Å². The van der Waals surface area contributed by atoms with Gasteiger partial charge in [0.05, 0.1) is 24.1 Å². The summed E-state index contributed by atoms with van der Waals surface area (Å²) in [6.45, 7) is 2.27. The molecule has 0 radical (unpaired) electrons. The maximum atomic E-state index is 9.34. The molecular formula is C6H10O6Yb. The summed E-state index contributed by atoms with van der Waals surface area (Å²) in [5, 5.41) is 34.6. The van der Waals surface area contributed by atoms with Gasteiger partial charge in [-0.1, -0.05) is 0 Å². The Hall–Kier alpha value is 0.379. The van der Waals surface area contributed by atoms with E-state index in [1.54, 1.807) is 0 Å². The second-order valence-electron chi connectivity index (χ2n) is 1.99. The van der Waals surface area contributed by atoms with Crippen molar-refractivity contribution in [1.82, 2.24) is 0 Å². The van der Waals surface area contributed by atoms with Crippen LogP contribution in [0.1, 0.15) is 13.8 Å². The van der Waals surface area contributed by atoms with E-state index >= 15 is 0 Å². The molecule has 0 aromatic rings. The van der Waals surface area contributed by atoms with Gasteiger partial charge in [0.2, 0.25) is 0 Å². The average Bonchev–Trinajstić information content (AvgIpc) is 1.88. The molecule has 13 heavy (non-hydrogen) atoms. The van der Waals surface area contributed by atoms with Gasteiger partial charge < -0.3 is 30.0 Å². The third-order valence-electron chi connectivity index (χ3n) is 0.682. The van der Waals surface area contributed by atoms with Crippen LogP contribution in [0, 0.1) is 46.9 Å². The monoisotopic (exact) mass is 352 g/mol. The van der Waals surface area contributed by atoms with Gasteiger partial charge in [0.25, 0.3) is 0 Å². The first-order chi connectivity index (χ1) is 5.29. The summed E-state index contributed by atoms with van der Waals surface area (Å²) in [4.78, 5) is 18.7. The molecule has 0 bridgehead atoms. The zero-order valence-electron chi connectivity index (χ0n) is 6.95. The van der Waals surface area contributed by atoms with Crippen LogP contribution in [0.2, 0.25) is 0 Å². The Bertz CT molecular complexity index is 137. The molecule has 0 saturated carbocycles. The van der Waals surface area contributed by atoms with Crippen LogP contribution < -0.4 is 10.2 Å². The van der Waals surface area contributed by atoms with Crippen molar-refractivity contribution in [3.05, 3.63) is 0 Å². The summed E-state index contributed by atoms with van der Waals surface area (Å²) in [6.07, 6.45) is -2.69. The minimum atomic E-state index is -1.44. The van der Waals surface area contributed by atoms with Crippen molar-refractivity contribution < 1.29 is 76.9 Å². The number of aliphatic hydroxyl groups excluding tert-OH is 2. The van der Waals surface area contributed by atoms with E-state index in [-0.39, 0.29) is 46.9 Å². The molecule has 2 N–H and O–H groups in total. The normalized spacial score (nSPS) is 12.6. The van der Waals surface area contributed by atoms with E-state index in [1.165, 1.54) is 0 Å². The third kappa shape index (κ3) is 19.0. The van der Waals surface area contributed by atoms with Gasteiger partial charge in [-0.05, 0) is 13.8 Å². The van der Waals surface area contributed by atoms with Crippen molar-refractivity contribution in [2.75, 3.05) is 0 Å². The van der Waals surface area contributed by atoms with Gasteiger partial charge in [0.15, 0.2) is 0 Å². The molecule has 6 nitrogen and oxygen atoms in total. The Morgan fingerprint density at radius 3 is 1.08 bits per heavy atom. The van der Waals surface area contributed by atoms with Crippen LogP contribution in [0.3, 0.4) is 0 Å². The van der Waals surface area contributed by atoms with Crippen LogP contribution in [-0.4, -0.2) is 34.4 Å². The van der Waals surface area contributed by atoms with Gasteiger partial charge >= 0.3 is 46.9 Å². The summed E-state index contributed by atoms with van der Waals surface area (Å²) in [5.41, 5.74) is 0. The average molecular weight is 351 g/mol. The predicted molar refractivity (Wildman–Crippen MR) is 33.4 cm³/mol. The fourth-order valence-corrected chi connectivity index (χ4v) is 0. The van der Waals surface area contributed by atoms with Gasteiger partial charge in [-0.2, -0.15) is 0 Å². The molecule has 0 saturated heterocycles. The first-order valence-electron chi connectivity index (χ1n) is 3.06. The topological polar surface area (TPSA) is 121 Å². The van der Waals surface area contributed by atoms with Gasteiger partial charge in [0.1, 0.15) is 0 Å². The van der Waals surface area contributed by atoms with Gasteiger partial charge in [-0.15, -0.1) is 0 Å². The number of rotatable bonds is 2. The Morgan fingerprint density at radius 1 is 1.00 bits per heavy atom. The fraction of sp³-hybridized carbons (Fsp3) is 0.667. The number of carboxylic acids is 2. The zero-order chi connectivity index (χ0) is 10.3. The van der Waals surface area contributed by atoms with E-state index in [9.17, 15) is 19.8 Å². The van der Waals surface area contributed by atoms with Crippen molar-refractivity contribution in [2.24, 2.45) is 0 Å². The van der Waals surface area contributed by atoms with Gasteiger partial charge in [-0.25, -0.2) is 0 Å². The largest absolute Gasteiger partial charge is 2.00 e. The zero-order valence-corrected chi connectivity index (χ0v) is 8.66. The van der Waals surface area contributed by atoms with Crippen LogP contribution >= 0.6 is 0 Å². The van der Waals surface area contributed by atoms with Crippen LogP contribution in [0.25, 0.3) is 0 Å². The van der Waals surface area contributed by atoms with E-state index in [1.807, 2.05) is 0 Å². The first kappa shape index (κ1) is 19.0. The molecule has 0 aliphatic heterocycles. The van der Waals surface area contributed by atoms with Crippen LogP contribution in [-0.2, 0) is 9.59 Å². The number of carboxylic acid groups (broad SMARTS) is 2. The molecule has 2 unspecified atom stereocenters. The number of aliphatic hydroxyl groups is 2. The van der Waals surface area contributed by atoms with E-state index in [0.717, 1.165) is 13.8 Å². The summed E-state index contributed by atoms with van der Waals surface area (Å²) in [5.74, 6) is -2.87. The Balaban J connectivity index is -0.000000143. The SMILES string of the molecule is CC(O)C(=O)[O-].CC(O)C(=O)[O-].[Yb+2]. The molecular weight excluding hydrogens is 341 g/mol. The van der Waals surface area contributed by atoms with Crippen LogP contribution in [0.15, 0.2) is 0 Å². The number of carbonyl (C=O) groups excluding carboxylic acids is 2. The summed E-state index contributed by atoms with van der Waals surface area (Å²) < 4.78 is 0. The number of carbonyl (C=O) groups is 2. The van der Waals surface area contributed by atoms with E-state index in [0.29, 0.717) is 0 Å². The molecule has 0 aliphatic carbocycles. The van der Waals surface area contributed by atoms with Gasteiger partial charge in [0, 0.05) is 0 Å². The molecule has 0 rings (SSSR count). The standard InChI is InChI=1S/2C3H6O3.Yb/c2*1-2(4)3(5)6;/h2*2,4H,1H3,(H,5,6);/q;;+2/p-2. The molecule has 0 spiro atoms. The number of hydrogen-bond acceptors (Lipinski definition) is 6. The van der Waals surface area contributed by atoms with Gasteiger partial charge in [-0.3, -0.25) is 0 Å². The van der Waals surface area contributed by atoms with Crippen LogP contribution in [0.4, 0.5) is 0 Å². The molecule has 0 heterocycles. The second kappa shape index (κ2) is 10.5. The summed E-state index contributed by atoms with van der Waals surface area (Å²) >= 11 is 0. The molecule has 0 amide bonds. The first-order valence-corrected chi connectivity index (χ1v) is 3.06. The molecule has 2 atom stereocenters. The number of hydrogen-bond donors (Lipinski definition) is 2. The Labute approximate surface area is 114 Å². The summed E-state index contributed by atoms with van der Waals surface area (Å²) in [7, 11) is 0. The summed E-state index contributed by atoms with van der Waals surface area (Å²) in [6, 6.07) is 0. The van der Waals surface area contributed by atoms with Crippen molar-refractivity contribution in [1.29, 1.82) is 0 Å². The predicted octanol–water partition coefficient (Wildman–Crippen LogP) is -3.77. The number of aliphatic carboxylic acids is 2. The Morgan fingerprint density at radius 2 is 1.08 bits per heavy atom. The van der Waals surface area contributed by atoms with Crippen molar-refractivity contribution >= 4 is 11.9 Å². The molecule has 0 fully saturated rings. The maximum absolute atomic E-state index is 9.34. The van der Waals surface area contributed by atoms with Crippen LogP contribution in [0.5, 0.6) is 0 Å². The Kier molecular flexibility index (Phi) is 15.3. The molecule has 0 aromatic carbocycles. The van der Waals surface area contributed by atoms with Crippen molar-refractivity contribution in [2.45, 2.75) is 26.1 Å². The van der Waals surface area contributed by atoms with E-state index in [4.69, 9.17) is 10.2 Å². The van der Waals surface area contributed by atoms with Crippen molar-refractivity contribution in [3.63, 3.8) is 0 Å². The minimum Gasteiger partial charge on any atom is -0.547 e. The van der Waals surface area contributed by atoms with E-state index in [2.05, 4.69) is 0 Å². The molecule has 84 valence electrons. The second-order valence-corrected chi connectivity index (χ2v) is 1.99. The maximum Gasteiger partial charge on any atom is 2.00 e.